The van der Waals surface area contributed by atoms with Gasteiger partial charge in [0.2, 0.25) is 5.88 Å². The van der Waals surface area contributed by atoms with Crippen LogP contribution < -0.4 is 10.5 Å². The Morgan fingerprint density at radius 3 is 2.92 bits per heavy atom. The van der Waals surface area contributed by atoms with Crippen LogP contribution in [0.4, 0.5) is 5.88 Å². The van der Waals surface area contributed by atoms with Gasteiger partial charge in [-0.15, -0.1) is 11.3 Å². The quantitative estimate of drug-likeness (QED) is 0.797. The zero-order valence-corrected chi connectivity index (χ0v) is 7.80. The number of hydrogen-bond donors (Lipinski definition) is 1. The minimum absolute atomic E-state index is 0.322. The van der Waals surface area contributed by atoms with E-state index < -0.39 is 0 Å². The zero-order valence-electron chi connectivity index (χ0n) is 6.98. The van der Waals surface area contributed by atoms with E-state index in [1.54, 1.807) is 13.2 Å². The lowest BCUT2D eigenvalue weighted by atomic mass is 10.3. The third-order valence-electron chi connectivity index (χ3n) is 1.59. The van der Waals surface area contributed by atoms with Crippen molar-refractivity contribution in [3.63, 3.8) is 0 Å². The van der Waals surface area contributed by atoms with E-state index >= 15 is 0 Å². The number of nitrogens with two attached hydrogens (primary N) is 1. The normalized spacial score (nSPS) is 10.2. The van der Waals surface area contributed by atoms with Crippen LogP contribution in [0.2, 0.25) is 0 Å². The molecule has 68 valence electrons. The third kappa shape index (κ3) is 1.50. The Morgan fingerprint density at radius 2 is 2.38 bits per heavy atom. The molecule has 0 saturated heterocycles. The number of thiophene rings is 1. The number of rotatable bonds is 2. The smallest absolute Gasteiger partial charge is 0.222 e. The van der Waals surface area contributed by atoms with E-state index in [4.69, 9.17) is 15.0 Å². The SMILES string of the molecule is COc1csc(-c2cc(N)on2)c1. The van der Waals surface area contributed by atoms with Gasteiger partial charge in [0, 0.05) is 17.5 Å². The number of methoxy groups -OCH3 is 1. The molecule has 2 rings (SSSR count). The number of anilines is 1. The second-order valence-corrected chi connectivity index (χ2v) is 3.38. The molecule has 2 aromatic rings. The van der Waals surface area contributed by atoms with Crippen molar-refractivity contribution in [2.24, 2.45) is 0 Å². The molecule has 4 nitrogen and oxygen atoms in total. The molecule has 0 aliphatic heterocycles. The van der Waals surface area contributed by atoms with Crippen LogP contribution in [0.5, 0.6) is 5.75 Å². The first-order chi connectivity index (χ1) is 6.29. The van der Waals surface area contributed by atoms with Crippen LogP contribution in [0.15, 0.2) is 22.0 Å². The molecule has 0 saturated carbocycles. The Bertz CT molecular complexity index is 408. The molecule has 0 aliphatic carbocycles. The van der Waals surface area contributed by atoms with Gasteiger partial charge < -0.3 is 15.0 Å². The minimum atomic E-state index is 0.322. The molecule has 2 heterocycles. The average Bonchev–Trinajstić information content (AvgIpc) is 2.71. The number of aromatic nitrogens is 1. The second-order valence-electron chi connectivity index (χ2n) is 2.47. The van der Waals surface area contributed by atoms with Crippen molar-refractivity contribution < 1.29 is 9.26 Å². The lowest BCUT2D eigenvalue weighted by Gasteiger charge is -1.88. The van der Waals surface area contributed by atoms with Crippen LogP contribution in [0.3, 0.4) is 0 Å². The van der Waals surface area contributed by atoms with E-state index in [0.29, 0.717) is 5.88 Å². The summed E-state index contributed by atoms with van der Waals surface area (Å²) in [6.07, 6.45) is 0. The van der Waals surface area contributed by atoms with E-state index in [2.05, 4.69) is 5.16 Å². The molecule has 0 amide bonds. The maximum atomic E-state index is 5.40. The lowest BCUT2D eigenvalue weighted by Crippen LogP contribution is -1.76. The molecular formula is C8H8N2O2S. The highest BCUT2D eigenvalue weighted by atomic mass is 32.1. The zero-order chi connectivity index (χ0) is 9.26. The van der Waals surface area contributed by atoms with E-state index in [9.17, 15) is 0 Å². The Balaban J connectivity index is 2.35. The van der Waals surface area contributed by atoms with Gasteiger partial charge in [-0.25, -0.2) is 0 Å². The second kappa shape index (κ2) is 3.10. The van der Waals surface area contributed by atoms with Gasteiger partial charge >= 0.3 is 0 Å². The van der Waals surface area contributed by atoms with Crippen molar-refractivity contribution in [3.8, 4) is 16.3 Å². The molecule has 0 atom stereocenters. The topological polar surface area (TPSA) is 61.3 Å². The summed E-state index contributed by atoms with van der Waals surface area (Å²) in [6.45, 7) is 0. The van der Waals surface area contributed by atoms with E-state index in [-0.39, 0.29) is 0 Å². The van der Waals surface area contributed by atoms with Crippen LogP contribution in [0.1, 0.15) is 0 Å². The van der Waals surface area contributed by atoms with Crippen molar-refractivity contribution >= 4 is 17.2 Å². The number of hydrogen-bond acceptors (Lipinski definition) is 5. The highest BCUT2D eigenvalue weighted by molar-refractivity contribution is 7.13. The van der Waals surface area contributed by atoms with Gasteiger partial charge in [0.05, 0.1) is 12.0 Å². The van der Waals surface area contributed by atoms with E-state index in [1.807, 2.05) is 11.4 Å². The maximum absolute atomic E-state index is 5.40. The molecule has 0 bridgehead atoms. The molecule has 0 aromatic carbocycles. The number of nitrogen functional groups attached to an aromatic ring is 1. The molecule has 0 aliphatic rings. The molecule has 0 radical (unpaired) electrons. The van der Waals surface area contributed by atoms with Gasteiger partial charge in [-0.05, 0) is 0 Å². The van der Waals surface area contributed by atoms with Gasteiger partial charge in [-0.1, -0.05) is 5.16 Å². The molecule has 2 aromatic heterocycles. The summed E-state index contributed by atoms with van der Waals surface area (Å²) in [4.78, 5) is 0.984. The maximum Gasteiger partial charge on any atom is 0.222 e. The highest BCUT2D eigenvalue weighted by Crippen LogP contribution is 2.30. The predicted molar refractivity (Wildman–Crippen MR) is 50.8 cm³/mol. The third-order valence-corrected chi connectivity index (χ3v) is 2.52. The fourth-order valence-electron chi connectivity index (χ4n) is 0.966. The number of nitrogens with zero attached hydrogens (tertiary/aromatic N) is 1. The summed E-state index contributed by atoms with van der Waals surface area (Å²) in [7, 11) is 1.63. The largest absolute Gasteiger partial charge is 0.496 e. The van der Waals surface area contributed by atoms with Crippen molar-refractivity contribution in [2.75, 3.05) is 12.8 Å². The van der Waals surface area contributed by atoms with Gasteiger partial charge in [0.1, 0.15) is 11.4 Å². The molecule has 5 heteroatoms. The fourth-order valence-corrected chi connectivity index (χ4v) is 1.77. The van der Waals surface area contributed by atoms with Gasteiger partial charge in [-0.2, -0.15) is 0 Å². The lowest BCUT2D eigenvalue weighted by molar-refractivity contribution is 0.416. The molecule has 0 spiro atoms. The standard InChI is InChI=1S/C8H8N2O2S/c1-11-5-2-7(13-4-5)6-3-8(9)12-10-6/h2-4H,9H2,1H3. The summed E-state index contributed by atoms with van der Waals surface area (Å²) >= 11 is 1.54. The van der Waals surface area contributed by atoms with Crippen LogP contribution in [-0.2, 0) is 0 Å². The van der Waals surface area contributed by atoms with Crippen molar-refractivity contribution in [1.82, 2.24) is 5.16 Å². The average molecular weight is 196 g/mol. The van der Waals surface area contributed by atoms with Gasteiger partial charge in [0.15, 0.2) is 0 Å². The first-order valence-corrected chi connectivity index (χ1v) is 4.52. The Hall–Kier alpha value is -1.49. The van der Waals surface area contributed by atoms with Gasteiger partial charge in [0.25, 0.3) is 0 Å². The van der Waals surface area contributed by atoms with Crippen molar-refractivity contribution in [3.05, 3.63) is 17.5 Å². The summed E-state index contributed by atoms with van der Waals surface area (Å²) in [6, 6.07) is 3.58. The van der Waals surface area contributed by atoms with E-state index in [1.165, 1.54) is 11.3 Å². The monoisotopic (exact) mass is 196 g/mol. The molecular weight excluding hydrogens is 188 g/mol. The summed E-state index contributed by atoms with van der Waals surface area (Å²) in [5, 5.41) is 5.69. The summed E-state index contributed by atoms with van der Waals surface area (Å²) < 4.78 is 9.80. The molecule has 0 unspecified atom stereocenters. The molecule has 13 heavy (non-hydrogen) atoms. The highest BCUT2D eigenvalue weighted by Gasteiger charge is 2.07. The predicted octanol–water partition coefficient (Wildman–Crippen LogP) is 1.99. The minimum Gasteiger partial charge on any atom is -0.496 e. The van der Waals surface area contributed by atoms with Crippen LogP contribution in [0, 0.1) is 0 Å². The summed E-state index contributed by atoms with van der Waals surface area (Å²) in [5.74, 6) is 1.14. The first-order valence-electron chi connectivity index (χ1n) is 3.64. The first kappa shape index (κ1) is 8.12. The summed E-state index contributed by atoms with van der Waals surface area (Å²) in [5.41, 5.74) is 6.14. The van der Waals surface area contributed by atoms with Crippen LogP contribution in [-0.4, -0.2) is 12.3 Å². The van der Waals surface area contributed by atoms with Gasteiger partial charge in [-0.3, -0.25) is 0 Å². The molecule has 2 N–H and O–H groups in total. The molecule has 0 fully saturated rings. The fraction of sp³-hybridized carbons (Fsp3) is 0.125. The Morgan fingerprint density at radius 1 is 1.54 bits per heavy atom. The number of ether oxygens (including phenoxy) is 1. The van der Waals surface area contributed by atoms with E-state index in [0.717, 1.165) is 16.3 Å². The van der Waals surface area contributed by atoms with Crippen LogP contribution >= 0.6 is 11.3 Å². The Labute approximate surface area is 78.9 Å². The Kier molecular flexibility index (Phi) is 1.94. The van der Waals surface area contributed by atoms with Crippen LogP contribution in [0.25, 0.3) is 10.6 Å². The van der Waals surface area contributed by atoms with Crippen molar-refractivity contribution in [1.29, 1.82) is 0 Å². The van der Waals surface area contributed by atoms with Crippen molar-refractivity contribution in [2.45, 2.75) is 0 Å².